The van der Waals surface area contributed by atoms with Gasteiger partial charge in [-0.15, -0.1) is 11.3 Å². The summed E-state index contributed by atoms with van der Waals surface area (Å²) in [6.07, 6.45) is 2.52. The third kappa shape index (κ3) is 3.41. The molecule has 0 saturated heterocycles. The summed E-state index contributed by atoms with van der Waals surface area (Å²) in [7, 11) is 0. The number of anilines is 1. The molecule has 6 nitrogen and oxygen atoms in total. The number of carbonyl (C=O) groups is 1. The van der Waals surface area contributed by atoms with Crippen LogP contribution in [0, 0.1) is 12.7 Å². The Bertz CT molecular complexity index is 1220. The zero-order valence-corrected chi connectivity index (χ0v) is 15.7. The number of aromatic nitrogens is 3. The van der Waals surface area contributed by atoms with E-state index in [1.54, 1.807) is 6.92 Å². The van der Waals surface area contributed by atoms with Gasteiger partial charge in [-0.05, 0) is 30.2 Å². The van der Waals surface area contributed by atoms with Crippen molar-refractivity contribution in [3.05, 3.63) is 87.2 Å². The van der Waals surface area contributed by atoms with E-state index in [0.29, 0.717) is 27.2 Å². The fourth-order valence-corrected chi connectivity index (χ4v) is 3.93. The number of aryl methyl sites for hydroxylation is 1. The van der Waals surface area contributed by atoms with Crippen LogP contribution >= 0.6 is 11.3 Å². The molecule has 140 valence electrons. The molecule has 0 fully saturated rings. The lowest BCUT2D eigenvalue weighted by molar-refractivity contribution is 0.102. The second-order valence-electron chi connectivity index (χ2n) is 6.22. The number of nitrogens with zero attached hydrogens (tertiary/aromatic N) is 3. The van der Waals surface area contributed by atoms with Gasteiger partial charge in [-0.25, -0.2) is 14.4 Å². The van der Waals surface area contributed by atoms with Crippen LogP contribution in [0.5, 0.6) is 0 Å². The van der Waals surface area contributed by atoms with E-state index in [9.17, 15) is 14.0 Å². The quantitative estimate of drug-likeness (QED) is 0.574. The smallest absolute Gasteiger partial charge is 0.267 e. The molecule has 0 bridgehead atoms. The van der Waals surface area contributed by atoms with E-state index in [1.807, 2.05) is 30.3 Å². The van der Waals surface area contributed by atoms with E-state index in [4.69, 9.17) is 0 Å². The van der Waals surface area contributed by atoms with Crippen molar-refractivity contribution in [1.82, 2.24) is 14.5 Å². The second kappa shape index (κ2) is 7.32. The Morgan fingerprint density at radius 1 is 1.18 bits per heavy atom. The summed E-state index contributed by atoms with van der Waals surface area (Å²) in [5, 5.41) is 3.05. The van der Waals surface area contributed by atoms with E-state index in [-0.39, 0.29) is 11.4 Å². The molecule has 28 heavy (non-hydrogen) atoms. The van der Waals surface area contributed by atoms with E-state index >= 15 is 0 Å². The fraction of sp³-hybridized carbons (Fsp3) is 0.100. The van der Waals surface area contributed by atoms with Crippen LogP contribution in [0.3, 0.4) is 0 Å². The minimum atomic E-state index is -0.487. The van der Waals surface area contributed by atoms with Crippen molar-refractivity contribution in [3.8, 4) is 0 Å². The first kappa shape index (κ1) is 18.0. The monoisotopic (exact) mass is 394 g/mol. The Balaban J connectivity index is 1.68. The van der Waals surface area contributed by atoms with Crippen LogP contribution < -0.4 is 10.9 Å². The number of carbonyl (C=O) groups excluding carboxylic acids is 1. The first-order chi connectivity index (χ1) is 13.5. The van der Waals surface area contributed by atoms with Crippen molar-refractivity contribution in [2.24, 2.45) is 0 Å². The van der Waals surface area contributed by atoms with Gasteiger partial charge in [-0.2, -0.15) is 0 Å². The summed E-state index contributed by atoms with van der Waals surface area (Å²) >= 11 is 1.15. The van der Waals surface area contributed by atoms with E-state index < -0.39 is 11.7 Å². The summed E-state index contributed by atoms with van der Waals surface area (Å²) in [4.78, 5) is 34.6. The van der Waals surface area contributed by atoms with Gasteiger partial charge in [0.15, 0.2) is 0 Å². The van der Waals surface area contributed by atoms with Gasteiger partial charge in [-0.1, -0.05) is 30.3 Å². The number of amides is 1. The Kier molecular flexibility index (Phi) is 4.70. The van der Waals surface area contributed by atoms with E-state index in [0.717, 1.165) is 23.1 Å². The topological polar surface area (TPSA) is 76.9 Å². The number of pyridine rings is 1. The molecule has 0 atom stereocenters. The number of fused-ring (bicyclic) bond motifs is 1. The van der Waals surface area contributed by atoms with Crippen molar-refractivity contribution in [2.75, 3.05) is 5.32 Å². The lowest BCUT2D eigenvalue weighted by Crippen LogP contribution is -2.21. The predicted octanol–water partition coefficient (Wildman–Crippen LogP) is 3.60. The van der Waals surface area contributed by atoms with Gasteiger partial charge in [-0.3, -0.25) is 14.2 Å². The Morgan fingerprint density at radius 2 is 1.96 bits per heavy atom. The van der Waals surface area contributed by atoms with Crippen LogP contribution in [-0.2, 0) is 6.54 Å². The molecule has 4 rings (SSSR count). The van der Waals surface area contributed by atoms with Crippen LogP contribution in [0.2, 0.25) is 0 Å². The van der Waals surface area contributed by atoms with Crippen LogP contribution in [0.4, 0.5) is 10.2 Å². The standard InChI is InChI=1S/C20H15FN4O2S/c1-12-16-19(23-11-25(20(16)27)10-13-5-3-2-4-6-13)28-17(12)18(26)24-15-8-7-14(21)9-22-15/h2-9,11H,10H2,1H3,(H,22,24,26). The molecule has 0 saturated carbocycles. The summed E-state index contributed by atoms with van der Waals surface area (Å²) in [5.41, 5.74) is 1.36. The van der Waals surface area contributed by atoms with Crippen molar-refractivity contribution >= 4 is 33.3 Å². The van der Waals surface area contributed by atoms with Gasteiger partial charge in [0, 0.05) is 0 Å². The van der Waals surface area contributed by atoms with Gasteiger partial charge in [0.05, 0.1) is 29.3 Å². The largest absolute Gasteiger partial charge is 0.306 e. The lowest BCUT2D eigenvalue weighted by Gasteiger charge is -2.05. The number of hydrogen-bond acceptors (Lipinski definition) is 5. The molecular weight excluding hydrogens is 379 g/mol. The molecule has 1 N–H and O–H groups in total. The number of thiophene rings is 1. The van der Waals surface area contributed by atoms with Gasteiger partial charge in [0.2, 0.25) is 0 Å². The lowest BCUT2D eigenvalue weighted by atomic mass is 10.2. The Labute approximate surface area is 163 Å². The third-order valence-electron chi connectivity index (χ3n) is 4.29. The molecule has 0 spiro atoms. The van der Waals surface area contributed by atoms with E-state index in [2.05, 4.69) is 15.3 Å². The Hall–Kier alpha value is -3.39. The Morgan fingerprint density at radius 3 is 2.68 bits per heavy atom. The zero-order valence-electron chi connectivity index (χ0n) is 14.8. The maximum Gasteiger partial charge on any atom is 0.267 e. The molecule has 0 unspecified atom stereocenters. The summed E-state index contributed by atoms with van der Waals surface area (Å²) < 4.78 is 14.5. The second-order valence-corrected chi connectivity index (χ2v) is 7.21. The van der Waals surface area contributed by atoms with Crippen LogP contribution in [0.1, 0.15) is 20.8 Å². The van der Waals surface area contributed by atoms with Gasteiger partial charge >= 0.3 is 0 Å². The summed E-state index contributed by atoms with van der Waals surface area (Å²) in [6, 6.07) is 12.2. The molecule has 3 heterocycles. The molecule has 4 aromatic rings. The van der Waals surface area contributed by atoms with Crippen LogP contribution in [0.15, 0.2) is 59.8 Å². The highest BCUT2D eigenvalue weighted by Crippen LogP contribution is 2.27. The normalized spacial score (nSPS) is 10.9. The minimum absolute atomic E-state index is 0.193. The van der Waals surface area contributed by atoms with Crippen molar-refractivity contribution in [1.29, 1.82) is 0 Å². The van der Waals surface area contributed by atoms with E-state index in [1.165, 1.54) is 23.0 Å². The highest BCUT2D eigenvalue weighted by atomic mass is 32.1. The molecule has 0 aliphatic carbocycles. The van der Waals surface area contributed by atoms with Crippen LogP contribution in [0.25, 0.3) is 10.2 Å². The highest BCUT2D eigenvalue weighted by Gasteiger charge is 2.20. The number of benzene rings is 1. The minimum Gasteiger partial charge on any atom is -0.306 e. The molecule has 0 aliphatic heterocycles. The first-order valence-corrected chi connectivity index (χ1v) is 9.30. The van der Waals surface area contributed by atoms with Crippen molar-refractivity contribution in [2.45, 2.75) is 13.5 Å². The SMILES string of the molecule is Cc1c(C(=O)Nc2ccc(F)cn2)sc2ncn(Cc3ccccc3)c(=O)c12. The third-order valence-corrected chi connectivity index (χ3v) is 5.49. The maximum atomic E-state index is 13.0. The highest BCUT2D eigenvalue weighted by molar-refractivity contribution is 7.20. The van der Waals surface area contributed by atoms with Gasteiger partial charge in [0.1, 0.15) is 16.5 Å². The number of nitrogens with one attached hydrogen (secondary N) is 1. The molecule has 3 aromatic heterocycles. The number of rotatable bonds is 4. The van der Waals surface area contributed by atoms with Crippen molar-refractivity contribution < 1.29 is 9.18 Å². The molecule has 1 aromatic carbocycles. The zero-order chi connectivity index (χ0) is 19.7. The summed E-state index contributed by atoms with van der Waals surface area (Å²) in [5.74, 6) is -0.662. The average Bonchev–Trinajstić information content (AvgIpc) is 3.04. The average molecular weight is 394 g/mol. The first-order valence-electron chi connectivity index (χ1n) is 8.48. The molecular formula is C20H15FN4O2S. The molecule has 8 heteroatoms. The van der Waals surface area contributed by atoms with Gasteiger partial charge in [0.25, 0.3) is 11.5 Å². The maximum absolute atomic E-state index is 13.0. The number of hydrogen-bond donors (Lipinski definition) is 1. The molecule has 0 aliphatic rings. The number of halogens is 1. The predicted molar refractivity (Wildman–Crippen MR) is 106 cm³/mol. The fourth-order valence-electron chi connectivity index (χ4n) is 2.89. The van der Waals surface area contributed by atoms with Crippen LogP contribution in [-0.4, -0.2) is 20.4 Å². The van der Waals surface area contributed by atoms with Gasteiger partial charge < -0.3 is 5.32 Å². The van der Waals surface area contributed by atoms with Crippen molar-refractivity contribution in [3.63, 3.8) is 0 Å². The molecule has 1 amide bonds. The molecule has 0 radical (unpaired) electrons. The summed E-state index contributed by atoms with van der Waals surface area (Å²) in [6.45, 7) is 2.13.